The molecule has 0 aliphatic heterocycles. The Bertz CT molecular complexity index is 551. The molecule has 0 radical (unpaired) electrons. The average molecular weight is 327 g/mol. The highest BCUT2D eigenvalue weighted by Gasteiger charge is 2.31. The molecule has 0 heterocycles. The number of nitrogens with one attached hydrogen (secondary N) is 2. The summed E-state index contributed by atoms with van der Waals surface area (Å²) in [6, 6.07) is 1.41. The summed E-state index contributed by atoms with van der Waals surface area (Å²) in [5, 5.41) is 21.1. The van der Waals surface area contributed by atoms with Gasteiger partial charge in [0.15, 0.2) is 6.10 Å². The van der Waals surface area contributed by atoms with Crippen molar-refractivity contribution in [3.8, 4) is 0 Å². The Morgan fingerprint density at radius 3 is 2.43 bits per heavy atom. The zero-order chi connectivity index (χ0) is 16.2. The monoisotopic (exact) mass is 326 g/mol. The van der Waals surface area contributed by atoms with Gasteiger partial charge in [0.05, 0.1) is 22.8 Å². The first-order chi connectivity index (χ1) is 9.61. The highest BCUT2D eigenvalue weighted by molar-refractivity contribution is 6.33. The fourth-order valence-corrected chi connectivity index (χ4v) is 1.46. The third-order valence-corrected chi connectivity index (χ3v) is 2.60. The summed E-state index contributed by atoms with van der Waals surface area (Å²) in [7, 11) is 0. The maximum atomic E-state index is 12.4. The number of aliphatic carboxylic acids is 1. The number of aliphatic hydroxyl groups is 1. The minimum Gasteiger partial charge on any atom is -0.479 e. The van der Waals surface area contributed by atoms with Crippen LogP contribution in [-0.2, 0) is 11.0 Å². The van der Waals surface area contributed by atoms with E-state index in [-0.39, 0.29) is 10.7 Å². The second-order valence-corrected chi connectivity index (χ2v) is 4.29. The lowest BCUT2D eigenvalue weighted by atomic mass is 10.2. The molecule has 21 heavy (non-hydrogen) atoms. The molecule has 10 heteroatoms. The van der Waals surface area contributed by atoms with Crippen molar-refractivity contribution in [1.82, 2.24) is 5.32 Å². The first-order valence-corrected chi connectivity index (χ1v) is 5.81. The van der Waals surface area contributed by atoms with Crippen molar-refractivity contribution >= 4 is 29.3 Å². The van der Waals surface area contributed by atoms with Gasteiger partial charge in [0.25, 0.3) is 0 Å². The predicted molar refractivity (Wildman–Crippen MR) is 67.1 cm³/mol. The Hall–Kier alpha value is -2.00. The summed E-state index contributed by atoms with van der Waals surface area (Å²) in [5.74, 6) is -1.53. The van der Waals surface area contributed by atoms with Gasteiger partial charge in [0, 0.05) is 0 Å². The van der Waals surface area contributed by atoms with Gasteiger partial charge < -0.3 is 20.8 Å². The summed E-state index contributed by atoms with van der Waals surface area (Å²) < 4.78 is 37.2. The predicted octanol–water partition coefficient (Wildman–Crippen LogP) is 1.93. The minimum absolute atomic E-state index is 0.0908. The summed E-state index contributed by atoms with van der Waals surface area (Å²) in [6.45, 7) is -0.570. The molecule has 0 bridgehead atoms. The number of alkyl halides is 3. The van der Waals surface area contributed by atoms with Crippen LogP contribution in [0, 0.1) is 0 Å². The molecule has 1 aromatic rings. The summed E-state index contributed by atoms with van der Waals surface area (Å²) in [4.78, 5) is 21.7. The van der Waals surface area contributed by atoms with Crippen molar-refractivity contribution in [2.75, 3.05) is 11.9 Å². The molecule has 1 rings (SSSR count). The number of amides is 2. The van der Waals surface area contributed by atoms with E-state index in [2.05, 4.69) is 5.32 Å². The van der Waals surface area contributed by atoms with Crippen LogP contribution in [0.2, 0.25) is 5.02 Å². The Morgan fingerprint density at radius 2 is 1.95 bits per heavy atom. The second kappa shape index (κ2) is 6.64. The Morgan fingerprint density at radius 1 is 1.33 bits per heavy atom. The lowest BCUT2D eigenvalue weighted by molar-refractivity contribution is -0.146. The molecule has 0 aromatic heterocycles. The lowest BCUT2D eigenvalue weighted by Crippen LogP contribution is -2.38. The van der Waals surface area contributed by atoms with E-state index >= 15 is 0 Å². The van der Waals surface area contributed by atoms with Gasteiger partial charge in [-0.3, -0.25) is 0 Å². The molecule has 0 spiro atoms. The average Bonchev–Trinajstić information content (AvgIpc) is 2.36. The maximum Gasteiger partial charge on any atom is 0.416 e. The van der Waals surface area contributed by atoms with Gasteiger partial charge in [0.1, 0.15) is 0 Å². The van der Waals surface area contributed by atoms with Gasteiger partial charge in [-0.1, -0.05) is 11.6 Å². The number of carboxylic acid groups (broad SMARTS) is 1. The first kappa shape index (κ1) is 17.1. The number of benzene rings is 1. The van der Waals surface area contributed by atoms with Crippen molar-refractivity contribution in [3.05, 3.63) is 28.8 Å². The van der Waals surface area contributed by atoms with Crippen molar-refractivity contribution < 1.29 is 33.0 Å². The van der Waals surface area contributed by atoms with Crippen LogP contribution in [0.3, 0.4) is 0 Å². The van der Waals surface area contributed by atoms with Gasteiger partial charge in [-0.25, -0.2) is 9.59 Å². The number of urea groups is 1. The lowest BCUT2D eigenvalue weighted by Gasteiger charge is -2.12. The normalized spacial score (nSPS) is 12.6. The Balaban J connectivity index is 2.67. The molecule has 6 nitrogen and oxygen atoms in total. The molecule has 1 aromatic carbocycles. The molecule has 2 amide bonds. The molecule has 0 saturated carbocycles. The number of anilines is 1. The highest BCUT2D eigenvalue weighted by atomic mass is 35.5. The zero-order valence-electron chi connectivity index (χ0n) is 10.2. The largest absolute Gasteiger partial charge is 0.479 e. The minimum atomic E-state index is -4.56. The molecule has 0 aliphatic carbocycles. The van der Waals surface area contributed by atoms with Crippen LogP contribution in [0.1, 0.15) is 5.56 Å². The maximum absolute atomic E-state index is 12.4. The first-order valence-electron chi connectivity index (χ1n) is 5.43. The molecule has 116 valence electrons. The van der Waals surface area contributed by atoms with E-state index < -0.39 is 36.4 Å². The number of carboxylic acids is 1. The van der Waals surface area contributed by atoms with Gasteiger partial charge in [-0.05, 0) is 18.2 Å². The van der Waals surface area contributed by atoms with Crippen LogP contribution in [0.25, 0.3) is 0 Å². The van der Waals surface area contributed by atoms with Crippen molar-refractivity contribution in [1.29, 1.82) is 0 Å². The van der Waals surface area contributed by atoms with Crippen LogP contribution in [0.15, 0.2) is 18.2 Å². The zero-order valence-corrected chi connectivity index (χ0v) is 11.0. The smallest absolute Gasteiger partial charge is 0.416 e. The number of rotatable bonds is 4. The molecule has 4 N–H and O–H groups in total. The van der Waals surface area contributed by atoms with E-state index in [1.165, 1.54) is 0 Å². The highest BCUT2D eigenvalue weighted by Crippen LogP contribution is 2.33. The van der Waals surface area contributed by atoms with Crippen LogP contribution >= 0.6 is 11.6 Å². The van der Waals surface area contributed by atoms with E-state index in [0.717, 1.165) is 12.1 Å². The van der Waals surface area contributed by atoms with Gasteiger partial charge in [-0.15, -0.1) is 0 Å². The standard InChI is InChI=1S/C11H10ClF3N2O4/c12-6-3-5(11(13,14)15)1-2-7(6)17-10(21)16-4-8(18)9(19)20/h1-3,8,18H,4H2,(H,19,20)(H2,16,17,21). The van der Waals surface area contributed by atoms with Crippen LogP contribution in [-0.4, -0.2) is 34.9 Å². The fraction of sp³-hybridized carbons (Fsp3) is 0.273. The van der Waals surface area contributed by atoms with E-state index in [4.69, 9.17) is 21.8 Å². The molecule has 1 unspecified atom stereocenters. The number of carbonyl (C=O) groups is 2. The third-order valence-electron chi connectivity index (χ3n) is 2.29. The Labute approximate surface area is 121 Å². The molecule has 0 aliphatic rings. The van der Waals surface area contributed by atoms with Crippen molar-refractivity contribution in [2.24, 2.45) is 0 Å². The SMILES string of the molecule is O=C(NCC(O)C(=O)O)Nc1ccc(C(F)(F)F)cc1Cl. The Kier molecular flexibility index (Phi) is 5.39. The van der Waals surface area contributed by atoms with E-state index in [1.807, 2.05) is 5.32 Å². The van der Waals surface area contributed by atoms with Crippen LogP contribution in [0.4, 0.5) is 23.7 Å². The molecule has 1 atom stereocenters. The van der Waals surface area contributed by atoms with Crippen molar-refractivity contribution in [2.45, 2.75) is 12.3 Å². The van der Waals surface area contributed by atoms with Gasteiger partial charge >= 0.3 is 18.2 Å². The van der Waals surface area contributed by atoms with Crippen LogP contribution in [0.5, 0.6) is 0 Å². The van der Waals surface area contributed by atoms with E-state index in [0.29, 0.717) is 6.07 Å². The molecular formula is C11H10ClF3N2O4. The molecular weight excluding hydrogens is 317 g/mol. The molecule has 0 saturated heterocycles. The summed E-state index contributed by atoms with van der Waals surface area (Å²) in [5.41, 5.74) is -1.06. The summed E-state index contributed by atoms with van der Waals surface area (Å²) >= 11 is 5.61. The van der Waals surface area contributed by atoms with Gasteiger partial charge in [0.2, 0.25) is 0 Å². The number of halogens is 4. The second-order valence-electron chi connectivity index (χ2n) is 3.88. The quantitative estimate of drug-likeness (QED) is 0.679. The number of hydrogen-bond donors (Lipinski definition) is 4. The van der Waals surface area contributed by atoms with E-state index in [9.17, 15) is 22.8 Å². The van der Waals surface area contributed by atoms with Gasteiger partial charge in [-0.2, -0.15) is 13.2 Å². The molecule has 0 fully saturated rings. The number of aliphatic hydroxyl groups excluding tert-OH is 1. The number of hydrogen-bond acceptors (Lipinski definition) is 3. The van der Waals surface area contributed by atoms with E-state index in [1.54, 1.807) is 0 Å². The van der Waals surface area contributed by atoms with Crippen LogP contribution < -0.4 is 10.6 Å². The summed E-state index contributed by atoms with van der Waals surface area (Å²) in [6.07, 6.45) is -6.35. The fourth-order valence-electron chi connectivity index (χ4n) is 1.24. The topological polar surface area (TPSA) is 98.7 Å². The third kappa shape index (κ3) is 5.12. The number of carbonyl (C=O) groups excluding carboxylic acids is 1. The van der Waals surface area contributed by atoms with Crippen molar-refractivity contribution in [3.63, 3.8) is 0 Å².